The van der Waals surface area contributed by atoms with E-state index in [1.54, 1.807) is 0 Å². The van der Waals surface area contributed by atoms with Crippen molar-refractivity contribution in [1.82, 2.24) is 4.90 Å². The lowest BCUT2D eigenvalue weighted by atomic mass is 9.93. The van der Waals surface area contributed by atoms with Crippen molar-refractivity contribution in [2.24, 2.45) is 11.1 Å². The van der Waals surface area contributed by atoms with Gasteiger partial charge in [-0.25, -0.2) is 0 Å². The van der Waals surface area contributed by atoms with E-state index in [1.165, 1.54) is 25.9 Å². The smallest absolute Gasteiger partial charge is 0.00676 e. The average Bonchev–Trinajstić information content (AvgIpc) is 2.42. The standard InChI is InChI=1S/C11H24N2/c1-10(5-4-7-12)13-8-6-11(2,3)9-13/h10H,4-9,12H2,1-3H3. The van der Waals surface area contributed by atoms with Gasteiger partial charge in [-0.15, -0.1) is 0 Å². The largest absolute Gasteiger partial charge is 0.330 e. The van der Waals surface area contributed by atoms with E-state index in [0.29, 0.717) is 5.41 Å². The van der Waals surface area contributed by atoms with Crippen molar-refractivity contribution < 1.29 is 0 Å². The Morgan fingerprint density at radius 3 is 2.62 bits per heavy atom. The first kappa shape index (κ1) is 11.0. The van der Waals surface area contributed by atoms with E-state index in [1.807, 2.05) is 0 Å². The average molecular weight is 184 g/mol. The molecule has 0 spiro atoms. The highest BCUT2D eigenvalue weighted by Crippen LogP contribution is 2.30. The first-order chi connectivity index (χ1) is 6.05. The van der Waals surface area contributed by atoms with Gasteiger partial charge in [-0.05, 0) is 44.7 Å². The molecule has 1 saturated heterocycles. The van der Waals surface area contributed by atoms with Gasteiger partial charge in [0.25, 0.3) is 0 Å². The highest BCUT2D eigenvalue weighted by atomic mass is 15.2. The van der Waals surface area contributed by atoms with Crippen LogP contribution in [0.4, 0.5) is 0 Å². The van der Waals surface area contributed by atoms with Gasteiger partial charge in [0.15, 0.2) is 0 Å². The van der Waals surface area contributed by atoms with Crippen LogP contribution in [0.25, 0.3) is 0 Å². The Morgan fingerprint density at radius 2 is 2.15 bits per heavy atom. The minimum Gasteiger partial charge on any atom is -0.330 e. The maximum absolute atomic E-state index is 5.51. The molecule has 0 amide bonds. The summed E-state index contributed by atoms with van der Waals surface area (Å²) in [5.74, 6) is 0. The van der Waals surface area contributed by atoms with Crippen LogP contribution < -0.4 is 5.73 Å². The SMILES string of the molecule is CC(CCCN)N1CCC(C)(C)C1. The van der Waals surface area contributed by atoms with Crippen LogP contribution in [0.2, 0.25) is 0 Å². The molecular formula is C11H24N2. The van der Waals surface area contributed by atoms with Crippen LogP contribution in [0, 0.1) is 5.41 Å². The second kappa shape index (κ2) is 4.43. The van der Waals surface area contributed by atoms with Crippen molar-refractivity contribution in [2.45, 2.75) is 46.1 Å². The fourth-order valence-electron chi connectivity index (χ4n) is 2.13. The molecule has 78 valence electrons. The molecule has 1 rings (SSSR count). The highest BCUT2D eigenvalue weighted by molar-refractivity contribution is 4.85. The normalized spacial score (nSPS) is 24.9. The number of rotatable bonds is 4. The lowest BCUT2D eigenvalue weighted by Crippen LogP contribution is -2.32. The van der Waals surface area contributed by atoms with Crippen LogP contribution in [-0.4, -0.2) is 30.6 Å². The number of nitrogens with two attached hydrogens (primary N) is 1. The molecule has 1 atom stereocenters. The molecular weight excluding hydrogens is 160 g/mol. The summed E-state index contributed by atoms with van der Waals surface area (Å²) < 4.78 is 0. The summed E-state index contributed by atoms with van der Waals surface area (Å²) in [6.45, 7) is 10.4. The van der Waals surface area contributed by atoms with Crippen molar-refractivity contribution in [3.8, 4) is 0 Å². The fourth-order valence-corrected chi connectivity index (χ4v) is 2.13. The zero-order valence-corrected chi connectivity index (χ0v) is 9.34. The summed E-state index contributed by atoms with van der Waals surface area (Å²) in [6, 6.07) is 0.727. The molecule has 2 heteroatoms. The predicted molar refractivity (Wildman–Crippen MR) is 57.7 cm³/mol. The van der Waals surface area contributed by atoms with Gasteiger partial charge < -0.3 is 10.6 Å². The first-order valence-corrected chi connectivity index (χ1v) is 5.49. The van der Waals surface area contributed by atoms with E-state index in [2.05, 4.69) is 25.7 Å². The van der Waals surface area contributed by atoms with Crippen molar-refractivity contribution in [3.63, 3.8) is 0 Å². The van der Waals surface area contributed by atoms with E-state index in [9.17, 15) is 0 Å². The molecule has 2 nitrogen and oxygen atoms in total. The lowest BCUT2D eigenvalue weighted by Gasteiger charge is -2.25. The summed E-state index contributed by atoms with van der Waals surface area (Å²) in [4.78, 5) is 2.61. The van der Waals surface area contributed by atoms with E-state index in [0.717, 1.165) is 19.0 Å². The third-order valence-corrected chi connectivity index (χ3v) is 3.16. The van der Waals surface area contributed by atoms with Crippen molar-refractivity contribution in [2.75, 3.05) is 19.6 Å². The molecule has 0 aromatic rings. The fraction of sp³-hybridized carbons (Fsp3) is 1.00. The molecule has 1 aliphatic rings. The van der Waals surface area contributed by atoms with Gasteiger partial charge in [0.1, 0.15) is 0 Å². The van der Waals surface area contributed by atoms with E-state index in [-0.39, 0.29) is 0 Å². The summed E-state index contributed by atoms with van der Waals surface area (Å²) in [5.41, 5.74) is 6.05. The Kier molecular flexibility index (Phi) is 3.74. The number of hydrogen-bond acceptors (Lipinski definition) is 2. The first-order valence-electron chi connectivity index (χ1n) is 5.49. The van der Waals surface area contributed by atoms with Crippen molar-refractivity contribution >= 4 is 0 Å². The molecule has 1 aliphatic heterocycles. The van der Waals surface area contributed by atoms with Gasteiger partial charge >= 0.3 is 0 Å². The summed E-state index contributed by atoms with van der Waals surface area (Å²) in [7, 11) is 0. The maximum atomic E-state index is 5.51. The van der Waals surface area contributed by atoms with Gasteiger partial charge in [-0.3, -0.25) is 0 Å². The minimum atomic E-state index is 0.539. The third-order valence-electron chi connectivity index (χ3n) is 3.16. The molecule has 0 aromatic carbocycles. The van der Waals surface area contributed by atoms with E-state index >= 15 is 0 Å². The molecule has 0 bridgehead atoms. The van der Waals surface area contributed by atoms with Crippen LogP contribution in [-0.2, 0) is 0 Å². The second-order valence-electron chi connectivity index (χ2n) is 5.16. The molecule has 0 radical (unpaired) electrons. The molecule has 1 unspecified atom stereocenters. The predicted octanol–water partition coefficient (Wildman–Crippen LogP) is 1.85. The topological polar surface area (TPSA) is 29.3 Å². The monoisotopic (exact) mass is 184 g/mol. The van der Waals surface area contributed by atoms with Gasteiger partial charge in [0, 0.05) is 12.6 Å². The van der Waals surface area contributed by atoms with Gasteiger partial charge in [0.05, 0.1) is 0 Å². The number of hydrogen-bond donors (Lipinski definition) is 1. The van der Waals surface area contributed by atoms with E-state index in [4.69, 9.17) is 5.73 Å². The molecule has 0 saturated carbocycles. The maximum Gasteiger partial charge on any atom is 0.00676 e. The van der Waals surface area contributed by atoms with Gasteiger partial charge in [0.2, 0.25) is 0 Å². The number of nitrogens with zero attached hydrogens (tertiary/aromatic N) is 1. The number of likely N-dealkylation sites (tertiary alicyclic amines) is 1. The second-order valence-corrected chi connectivity index (χ2v) is 5.16. The van der Waals surface area contributed by atoms with Crippen molar-refractivity contribution in [3.05, 3.63) is 0 Å². The molecule has 2 N–H and O–H groups in total. The lowest BCUT2D eigenvalue weighted by molar-refractivity contribution is 0.219. The van der Waals surface area contributed by atoms with Gasteiger partial charge in [-0.2, -0.15) is 0 Å². The Bertz CT molecular complexity index is 154. The van der Waals surface area contributed by atoms with Crippen LogP contribution >= 0.6 is 0 Å². The molecule has 1 fully saturated rings. The zero-order valence-electron chi connectivity index (χ0n) is 9.34. The Morgan fingerprint density at radius 1 is 1.46 bits per heavy atom. The quantitative estimate of drug-likeness (QED) is 0.722. The third kappa shape index (κ3) is 3.28. The van der Waals surface area contributed by atoms with E-state index < -0.39 is 0 Å². The highest BCUT2D eigenvalue weighted by Gasteiger charge is 2.31. The Balaban J connectivity index is 2.29. The Labute approximate surface area is 82.5 Å². The van der Waals surface area contributed by atoms with Gasteiger partial charge in [-0.1, -0.05) is 13.8 Å². The molecule has 1 heterocycles. The van der Waals surface area contributed by atoms with Crippen LogP contribution in [0.1, 0.15) is 40.0 Å². The zero-order chi connectivity index (χ0) is 9.90. The summed E-state index contributed by atoms with van der Waals surface area (Å²) >= 11 is 0. The summed E-state index contributed by atoms with van der Waals surface area (Å²) in [6.07, 6.45) is 3.77. The molecule has 0 aromatic heterocycles. The molecule has 0 aliphatic carbocycles. The molecule has 13 heavy (non-hydrogen) atoms. The summed E-state index contributed by atoms with van der Waals surface area (Å²) in [5, 5.41) is 0. The van der Waals surface area contributed by atoms with Crippen LogP contribution in [0.3, 0.4) is 0 Å². The van der Waals surface area contributed by atoms with Crippen LogP contribution in [0.5, 0.6) is 0 Å². The van der Waals surface area contributed by atoms with Crippen LogP contribution in [0.15, 0.2) is 0 Å². The van der Waals surface area contributed by atoms with Crippen molar-refractivity contribution in [1.29, 1.82) is 0 Å². The minimum absolute atomic E-state index is 0.539. The Hall–Kier alpha value is -0.0800.